The number of rotatable bonds is 35. The van der Waals surface area contributed by atoms with Gasteiger partial charge in [-0.1, -0.05) is 193 Å². The second-order valence-electron chi connectivity index (χ2n) is 13.3. The topological polar surface area (TPSA) is 43.4 Å². The number of allylic oxidation sites excluding steroid dienone is 2. The number of carbonyl (C=O) groups is 2. The zero-order valence-electron chi connectivity index (χ0n) is 29.4. The predicted octanol–water partition coefficient (Wildman–Crippen LogP) is 13.9. The van der Waals surface area contributed by atoms with E-state index in [-0.39, 0.29) is 11.9 Å². The van der Waals surface area contributed by atoms with Crippen LogP contribution in [0.15, 0.2) is 12.2 Å². The molecule has 0 atom stereocenters. The molecule has 3 nitrogen and oxygen atoms in total. The van der Waals surface area contributed by atoms with Gasteiger partial charge >= 0.3 is 11.9 Å². The maximum Gasteiger partial charge on any atom is 0.313 e. The van der Waals surface area contributed by atoms with Gasteiger partial charge in [-0.25, -0.2) is 0 Å². The van der Waals surface area contributed by atoms with E-state index in [1.165, 1.54) is 180 Å². The van der Waals surface area contributed by atoms with Gasteiger partial charge in [-0.15, -0.1) is 0 Å². The molecule has 0 radical (unpaired) electrons. The molecule has 254 valence electrons. The second kappa shape index (κ2) is 37.1. The molecule has 0 heterocycles. The average molecular weight is 605 g/mol. The molecule has 0 aromatic carbocycles. The molecule has 0 fully saturated rings. The van der Waals surface area contributed by atoms with Crippen molar-refractivity contribution >= 4 is 11.9 Å². The maximum atomic E-state index is 11.9. The standard InChI is InChI=1S/C40H76O3/c1-3-5-7-9-11-13-15-17-19-21-23-25-27-29-31-33-35-37-39(41)43-40(42)38-36-34-32-30-28-26-24-22-20-18-16-14-12-10-8-6-4-2/h17,19H,3-16,18,20-38H2,1-2H3/b19-17-. The van der Waals surface area contributed by atoms with Crippen molar-refractivity contribution in [2.24, 2.45) is 0 Å². The lowest BCUT2D eigenvalue weighted by Crippen LogP contribution is -2.11. The Morgan fingerprint density at radius 3 is 0.860 bits per heavy atom. The van der Waals surface area contributed by atoms with E-state index in [0.29, 0.717) is 12.8 Å². The maximum absolute atomic E-state index is 11.9. The molecule has 0 spiro atoms. The van der Waals surface area contributed by atoms with Crippen LogP contribution in [0.25, 0.3) is 0 Å². The van der Waals surface area contributed by atoms with Gasteiger partial charge in [-0.05, 0) is 38.5 Å². The van der Waals surface area contributed by atoms with E-state index in [0.717, 1.165) is 25.7 Å². The van der Waals surface area contributed by atoms with E-state index < -0.39 is 0 Å². The van der Waals surface area contributed by atoms with Crippen molar-refractivity contribution in [2.45, 2.75) is 232 Å². The Kier molecular flexibility index (Phi) is 36.1. The molecule has 3 heteroatoms. The molecule has 0 N–H and O–H groups in total. The number of ether oxygens (including phenoxy) is 1. The molecule has 0 aromatic heterocycles. The van der Waals surface area contributed by atoms with Gasteiger partial charge in [0, 0.05) is 12.8 Å². The van der Waals surface area contributed by atoms with Gasteiger partial charge in [-0.2, -0.15) is 0 Å². The number of unbranched alkanes of at least 4 members (excludes halogenated alkanes) is 29. The molecule has 0 saturated carbocycles. The molecule has 0 saturated heterocycles. The van der Waals surface area contributed by atoms with Crippen LogP contribution in [0.1, 0.15) is 232 Å². The van der Waals surface area contributed by atoms with E-state index in [1.54, 1.807) is 0 Å². The van der Waals surface area contributed by atoms with Crippen LogP contribution in [0.3, 0.4) is 0 Å². The lowest BCUT2D eigenvalue weighted by molar-refractivity contribution is -0.159. The molecule has 0 aliphatic rings. The SMILES string of the molecule is CCCCCCCC/C=C\CCCCCCCCCC(=O)OC(=O)CCCCCCCCCCCCCCCCCCC. The van der Waals surface area contributed by atoms with Crippen molar-refractivity contribution < 1.29 is 14.3 Å². The summed E-state index contributed by atoms with van der Waals surface area (Å²) < 4.78 is 5.02. The molecule has 43 heavy (non-hydrogen) atoms. The Morgan fingerprint density at radius 1 is 0.349 bits per heavy atom. The summed E-state index contributed by atoms with van der Waals surface area (Å²) in [6.45, 7) is 4.56. The van der Waals surface area contributed by atoms with Crippen molar-refractivity contribution in [3.05, 3.63) is 12.2 Å². The molecule has 0 aromatic rings. The van der Waals surface area contributed by atoms with Gasteiger partial charge in [0.15, 0.2) is 0 Å². The number of hydrogen-bond acceptors (Lipinski definition) is 3. The fourth-order valence-corrected chi connectivity index (χ4v) is 5.92. The molecule has 0 bridgehead atoms. The molecular formula is C40H76O3. The van der Waals surface area contributed by atoms with E-state index >= 15 is 0 Å². The third-order valence-corrected chi connectivity index (χ3v) is 8.85. The lowest BCUT2D eigenvalue weighted by atomic mass is 10.0. The highest BCUT2D eigenvalue weighted by molar-refractivity contribution is 5.85. The summed E-state index contributed by atoms with van der Waals surface area (Å²) in [5.41, 5.74) is 0. The first-order valence-electron chi connectivity index (χ1n) is 19.6. The number of hydrogen-bond donors (Lipinski definition) is 0. The van der Waals surface area contributed by atoms with Crippen molar-refractivity contribution in [3.63, 3.8) is 0 Å². The van der Waals surface area contributed by atoms with Crippen LogP contribution in [0.2, 0.25) is 0 Å². The van der Waals surface area contributed by atoms with Gasteiger partial charge in [0.2, 0.25) is 0 Å². The van der Waals surface area contributed by atoms with E-state index in [9.17, 15) is 9.59 Å². The molecule has 0 unspecified atom stereocenters. The largest absolute Gasteiger partial charge is 0.393 e. The van der Waals surface area contributed by atoms with Crippen LogP contribution in [0.5, 0.6) is 0 Å². The normalized spacial score (nSPS) is 11.5. The van der Waals surface area contributed by atoms with E-state index in [1.807, 2.05) is 0 Å². The van der Waals surface area contributed by atoms with Crippen molar-refractivity contribution in [1.29, 1.82) is 0 Å². The van der Waals surface area contributed by atoms with Gasteiger partial charge in [0.1, 0.15) is 0 Å². The highest BCUT2D eigenvalue weighted by Crippen LogP contribution is 2.15. The first kappa shape index (κ1) is 41.9. The summed E-state index contributed by atoms with van der Waals surface area (Å²) in [4.78, 5) is 23.9. The Balaban J connectivity index is 3.30. The van der Waals surface area contributed by atoms with E-state index in [4.69, 9.17) is 4.74 Å². The number of esters is 2. The van der Waals surface area contributed by atoms with E-state index in [2.05, 4.69) is 26.0 Å². The highest BCUT2D eigenvalue weighted by atomic mass is 16.6. The molecule has 0 aliphatic carbocycles. The minimum atomic E-state index is -0.329. The monoisotopic (exact) mass is 605 g/mol. The predicted molar refractivity (Wildman–Crippen MR) is 189 cm³/mol. The van der Waals surface area contributed by atoms with Gasteiger partial charge < -0.3 is 4.74 Å². The Hall–Kier alpha value is -1.12. The first-order valence-corrected chi connectivity index (χ1v) is 19.6. The molecular weight excluding hydrogens is 528 g/mol. The fourth-order valence-electron chi connectivity index (χ4n) is 5.92. The minimum absolute atomic E-state index is 0.327. The van der Waals surface area contributed by atoms with Gasteiger partial charge in [0.25, 0.3) is 0 Å². The quantitative estimate of drug-likeness (QED) is 0.0313. The van der Waals surface area contributed by atoms with Crippen LogP contribution in [-0.4, -0.2) is 11.9 Å². The summed E-state index contributed by atoms with van der Waals surface area (Å²) in [6.07, 6.45) is 47.0. The second-order valence-corrected chi connectivity index (χ2v) is 13.3. The zero-order chi connectivity index (χ0) is 31.3. The van der Waals surface area contributed by atoms with Crippen molar-refractivity contribution in [1.82, 2.24) is 0 Å². The first-order chi connectivity index (χ1) is 21.2. The van der Waals surface area contributed by atoms with Gasteiger partial charge in [0.05, 0.1) is 0 Å². The van der Waals surface area contributed by atoms with Crippen LogP contribution in [-0.2, 0) is 14.3 Å². The lowest BCUT2D eigenvalue weighted by Gasteiger charge is -2.05. The Bertz CT molecular complexity index is 597. The summed E-state index contributed by atoms with van der Waals surface area (Å²) >= 11 is 0. The third-order valence-electron chi connectivity index (χ3n) is 8.85. The Morgan fingerprint density at radius 2 is 0.581 bits per heavy atom. The summed E-state index contributed by atoms with van der Waals surface area (Å²) in [5.74, 6) is -0.656. The zero-order valence-corrected chi connectivity index (χ0v) is 29.4. The summed E-state index contributed by atoms with van der Waals surface area (Å²) in [7, 11) is 0. The van der Waals surface area contributed by atoms with Crippen LogP contribution < -0.4 is 0 Å². The molecule has 0 amide bonds. The van der Waals surface area contributed by atoms with Crippen LogP contribution in [0, 0.1) is 0 Å². The number of carbonyl (C=O) groups excluding carboxylic acids is 2. The summed E-state index contributed by atoms with van der Waals surface area (Å²) in [5, 5.41) is 0. The molecule has 0 rings (SSSR count). The van der Waals surface area contributed by atoms with Crippen LogP contribution in [0.4, 0.5) is 0 Å². The minimum Gasteiger partial charge on any atom is -0.393 e. The van der Waals surface area contributed by atoms with Crippen LogP contribution >= 0.6 is 0 Å². The van der Waals surface area contributed by atoms with Crippen molar-refractivity contribution in [3.8, 4) is 0 Å². The van der Waals surface area contributed by atoms with Crippen molar-refractivity contribution in [2.75, 3.05) is 0 Å². The smallest absolute Gasteiger partial charge is 0.313 e. The Labute approximate surface area is 270 Å². The highest BCUT2D eigenvalue weighted by Gasteiger charge is 2.10. The average Bonchev–Trinajstić information content (AvgIpc) is 3.00. The van der Waals surface area contributed by atoms with Gasteiger partial charge in [-0.3, -0.25) is 9.59 Å². The third kappa shape index (κ3) is 37.0. The molecule has 0 aliphatic heterocycles. The summed E-state index contributed by atoms with van der Waals surface area (Å²) in [6, 6.07) is 0. The fraction of sp³-hybridized carbons (Fsp3) is 0.900.